The molecule has 1 atom stereocenters. The highest BCUT2D eigenvalue weighted by Gasteiger charge is 2.41. The third kappa shape index (κ3) is 2.58. The number of ether oxygens (including phenoxy) is 1. The van der Waals surface area contributed by atoms with E-state index in [9.17, 15) is 9.59 Å². The normalized spacial score (nSPS) is 20.0. The number of esters is 1. The molecule has 24 heavy (non-hydrogen) atoms. The number of carbonyl (C=O) groups excluding carboxylic acids is 2. The number of hydrogen-bond donors (Lipinski definition) is 0. The fourth-order valence-corrected chi connectivity index (χ4v) is 3.70. The van der Waals surface area contributed by atoms with E-state index in [1.807, 2.05) is 36.1 Å². The molecule has 0 radical (unpaired) electrons. The second kappa shape index (κ2) is 6.67. The third-order valence-corrected chi connectivity index (χ3v) is 4.95. The summed E-state index contributed by atoms with van der Waals surface area (Å²) < 4.78 is 4.94. The van der Waals surface area contributed by atoms with Gasteiger partial charge in [0.2, 0.25) is 0 Å². The monoisotopic (exact) mass is 328 g/mol. The van der Waals surface area contributed by atoms with Crippen molar-refractivity contribution in [3.8, 4) is 0 Å². The minimum Gasteiger partial charge on any atom is -0.466 e. The summed E-state index contributed by atoms with van der Waals surface area (Å²) in [5, 5.41) is 0. The molecule has 0 saturated heterocycles. The molecule has 2 heterocycles. The predicted octanol–water partition coefficient (Wildman–Crippen LogP) is 3.32. The van der Waals surface area contributed by atoms with Crippen LogP contribution in [-0.4, -0.2) is 36.6 Å². The van der Waals surface area contributed by atoms with Crippen LogP contribution in [0.25, 0.3) is 0 Å². The van der Waals surface area contributed by atoms with Crippen LogP contribution in [0, 0.1) is 0 Å². The number of fused-ring (bicyclic) bond motifs is 3. The van der Waals surface area contributed by atoms with E-state index in [0.29, 0.717) is 17.6 Å². The number of unbranched alkanes of at least 4 members (excludes halogenated alkanes) is 1. The number of carbonyl (C=O) groups is 2. The quantitative estimate of drug-likeness (QED) is 0.796. The van der Waals surface area contributed by atoms with Crippen molar-refractivity contribution in [1.82, 2.24) is 4.90 Å². The predicted molar refractivity (Wildman–Crippen MR) is 92.6 cm³/mol. The molecule has 0 aliphatic carbocycles. The second-order valence-electron chi connectivity index (χ2n) is 6.31. The smallest absolute Gasteiger partial charge is 0.335 e. The van der Waals surface area contributed by atoms with Gasteiger partial charge in [0.15, 0.2) is 0 Å². The summed E-state index contributed by atoms with van der Waals surface area (Å²) in [4.78, 5) is 29.1. The Kier molecular flexibility index (Phi) is 4.60. The maximum absolute atomic E-state index is 12.9. The van der Waals surface area contributed by atoms with Crippen molar-refractivity contribution in [3.63, 3.8) is 0 Å². The first-order chi connectivity index (χ1) is 11.6. The first-order valence-corrected chi connectivity index (χ1v) is 8.57. The van der Waals surface area contributed by atoms with Gasteiger partial charge in [-0.25, -0.2) is 4.79 Å². The van der Waals surface area contributed by atoms with Gasteiger partial charge in [-0.05, 0) is 38.3 Å². The lowest BCUT2D eigenvalue weighted by atomic mass is 9.94. The fourth-order valence-electron chi connectivity index (χ4n) is 3.70. The van der Waals surface area contributed by atoms with E-state index in [4.69, 9.17) is 4.74 Å². The zero-order valence-electron chi connectivity index (χ0n) is 14.5. The summed E-state index contributed by atoms with van der Waals surface area (Å²) in [6.45, 7) is 4.82. The molecule has 5 heteroatoms. The maximum Gasteiger partial charge on any atom is 0.335 e. The number of benzene rings is 1. The summed E-state index contributed by atoms with van der Waals surface area (Å²) in [5.41, 5.74) is 3.18. The van der Waals surface area contributed by atoms with Crippen LogP contribution in [0.3, 0.4) is 0 Å². The summed E-state index contributed by atoms with van der Waals surface area (Å²) in [6.07, 6.45) is 3.38. The molecular formula is C19H24N2O3. The molecule has 0 saturated carbocycles. The Bertz CT molecular complexity index is 696. The number of para-hydroxylation sites is 1. The van der Waals surface area contributed by atoms with E-state index in [0.717, 1.165) is 37.2 Å². The average molecular weight is 328 g/mol. The van der Waals surface area contributed by atoms with Gasteiger partial charge in [0.05, 0.1) is 23.9 Å². The molecule has 128 valence electrons. The molecule has 0 spiro atoms. The topological polar surface area (TPSA) is 49.9 Å². The Morgan fingerprint density at radius 3 is 2.79 bits per heavy atom. The van der Waals surface area contributed by atoms with Crippen molar-refractivity contribution in [1.29, 1.82) is 0 Å². The molecule has 0 N–H and O–H groups in total. The van der Waals surface area contributed by atoms with Crippen LogP contribution in [0.5, 0.6) is 0 Å². The highest BCUT2D eigenvalue weighted by atomic mass is 16.5. The van der Waals surface area contributed by atoms with Crippen molar-refractivity contribution in [2.45, 2.75) is 45.7 Å². The summed E-state index contributed by atoms with van der Waals surface area (Å²) in [6, 6.07) is 7.65. The first kappa shape index (κ1) is 16.6. The third-order valence-electron chi connectivity index (χ3n) is 4.95. The van der Waals surface area contributed by atoms with Crippen molar-refractivity contribution in [2.24, 2.45) is 0 Å². The molecule has 0 bridgehead atoms. The average Bonchev–Trinajstić information content (AvgIpc) is 2.61. The lowest BCUT2D eigenvalue weighted by Crippen LogP contribution is -2.56. The van der Waals surface area contributed by atoms with Crippen LogP contribution >= 0.6 is 0 Å². The minimum absolute atomic E-state index is 0.0210. The number of rotatable bonds is 4. The van der Waals surface area contributed by atoms with E-state index >= 15 is 0 Å². The second-order valence-corrected chi connectivity index (χ2v) is 6.31. The number of amides is 1. The molecule has 0 fully saturated rings. The van der Waals surface area contributed by atoms with Gasteiger partial charge in [0.1, 0.15) is 6.17 Å². The van der Waals surface area contributed by atoms with Crippen molar-refractivity contribution in [2.75, 3.05) is 18.6 Å². The van der Waals surface area contributed by atoms with Crippen LogP contribution in [0.4, 0.5) is 5.69 Å². The van der Waals surface area contributed by atoms with E-state index in [2.05, 4.69) is 11.8 Å². The lowest BCUT2D eigenvalue weighted by molar-refractivity contribution is -0.136. The number of anilines is 1. The molecule has 1 aromatic rings. The van der Waals surface area contributed by atoms with Crippen LogP contribution < -0.4 is 4.90 Å². The van der Waals surface area contributed by atoms with Gasteiger partial charge in [0.25, 0.3) is 5.91 Å². The summed E-state index contributed by atoms with van der Waals surface area (Å²) in [7, 11) is 1.41. The Balaban J connectivity index is 2.10. The van der Waals surface area contributed by atoms with Gasteiger partial charge in [-0.2, -0.15) is 0 Å². The number of methoxy groups -OCH3 is 1. The number of allylic oxidation sites excluding steroid dienone is 1. The van der Waals surface area contributed by atoms with Gasteiger partial charge < -0.3 is 14.5 Å². The van der Waals surface area contributed by atoms with Gasteiger partial charge in [-0.15, -0.1) is 0 Å². The molecule has 2 aliphatic heterocycles. The van der Waals surface area contributed by atoms with Crippen LogP contribution in [0.2, 0.25) is 0 Å². The molecule has 2 aliphatic rings. The van der Waals surface area contributed by atoms with Gasteiger partial charge in [0, 0.05) is 12.2 Å². The lowest BCUT2D eigenvalue weighted by Gasteiger charge is -2.48. The standard InChI is InChI=1S/C19H24N2O3/c1-4-5-12-20-17-11-10-14(19(23)24-3)13(2)21(17)16-9-7-6-8-15(16)18(20)22/h6-9,17H,4-5,10-12H2,1-3H3. The molecule has 3 rings (SSSR count). The number of hydrogen-bond acceptors (Lipinski definition) is 4. The van der Waals surface area contributed by atoms with E-state index < -0.39 is 0 Å². The van der Waals surface area contributed by atoms with Crippen LogP contribution in [0.1, 0.15) is 49.9 Å². The van der Waals surface area contributed by atoms with E-state index in [1.54, 1.807) is 0 Å². The Hall–Kier alpha value is -2.30. The zero-order chi connectivity index (χ0) is 17.3. The summed E-state index contributed by atoms with van der Waals surface area (Å²) in [5.74, 6) is -0.185. The molecule has 0 aromatic heterocycles. The van der Waals surface area contributed by atoms with Gasteiger partial charge >= 0.3 is 5.97 Å². The largest absolute Gasteiger partial charge is 0.466 e. The molecule has 1 unspecified atom stereocenters. The Morgan fingerprint density at radius 1 is 1.33 bits per heavy atom. The SMILES string of the molecule is CCCCN1C(=O)c2ccccc2N2C(C)=C(C(=O)OC)CCC12. The zero-order valence-corrected chi connectivity index (χ0v) is 14.5. The molecular weight excluding hydrogens is 304 g/mol. The fraction of sp³-hybridized carbons (Fsp3) is 0.474. The Labute approximate surface area is 142 Å². The maximum atomic E-state index is 12.9. The van der Waals surface area contributed by atoms with Gasteiger partial charge in [-0.1, -0.05) is 25.5 Å². The first-order valence-electron chi connectivity index (χ1n) is 8.57. The highest BCUT2D eigenvalue weighted by molar-refractivity contribution is 6.03. The van der Waals surface area contributed by atoms with Crippen LogP contribution in [0.15, 0.2) is 35.5 Å². The van der Waals surface area contributed by atoms with Gasteiger partial charge in [-0.3, -0.25) is 4.79 Å². The molecule has 1 aromatic carbocycles. The van der Waals surface area contributed by atoms with Crippen molar-refractivity contribution in [3.05, 3.63) is 41.1 Å². The van der Waals surface area contributed by atoms with Crippen LogP contribution in [-0.2, 0) is 9.53 Å². The molecule has 1 amide bonds. The Morgan fingerprint density at radius 2 is 2.08 bits per heavy atom. The highest BCUT2D eigenvalue weighted by Crippen LogP contribution is 2.40. The number of nitrogens with zero attached hydrogens (tertiary/aromatic N) is 2. The molecule has 5 nitrogen and oxygen atoms in total. The minimum atomic E-state index is -0.277. The summed E-state index contributed by atoms with van der Waals surface area (Å²) >= 11 is 0. The van der Waals surface area contributed by atoms with E-state index in [1.165, 1.54) is 7.11 Å². The van der Waals surface area contributed by atoms with Crippen molar-refractivity contribution < 1.29 is 14.3 Å². The van der Waals surface area contributed by atoms with Crippen molar-refractivity contribution >= 4 is 17.6 Å². The van der Waals surface area contributed by atoms with E-state index in [-0.39, 0.29) is 18.0 Å².